The summed E-state index contributed by atoms with van der Waals surface area (Å²) < 4.78 is 0. The summed E-state index contributed by atoms with van der Waals surface area (Å²) in [6, 6.07) is 19.1. The van der Waals surface area contributed by atoms with E-state index in [-0.39, 0.29) is 18.6 Å². The van der Waals surface area contributed by atoms with Gasteiger partial charge in [0.1, 0.15) is 5.82 Å². The third-order valence-corrected chi connectivity index (χ3v) is 4.44. The number of hydrogen-bond acceptors (Lipinski definition) is 5. The predicted octanol–water partition coefficient (Wildman–Crippen LogP) is 4.97. The van der Waals surface area contributed by atoms with E-state index in [1.54, 1.807) is 0 Å². The average Bonchev–Trinajstić information content (AvgIpc) is 2.66. The smallest absolute Gasteiger partial charge is 0.225 e. The van der Waals surface area contributed by atoms with E-state index in [4.69, 9.17) is 11.6 Å². The molecule has 140 valence electrons. The molecule has 0 aliphatic carbocycles. The van der Waals surface area contributed by atoms with Gasteiger partial charge in [-0.3, -0.25) is 0 Å². The van der Waals surface area contributed by atoms with Crippen LogP contribution >= 0.6 is 11.6 Å². The molecule has 3 aromatic rings. The molecule has 1 aromatic heterocycles. The maximum atomic E-state index is 9.63. The lowest BCUT2D eigenvalue weighted by Crippen LogP contribution is -2.30. The molecule has 0 unspecified atom stereocenters. The summed E-state index contributed by atoms with van der Waals surface area (Å²) in [5.41, 5.74) is 2.62. The lowest BCUT2D eigenvalue weighted by atomic mass is 10.1. The number of benzene rings is 2. The molecular weight excluding hydrogens is 360 g/mol. The van der Waals surface area contributed by atoms with Crippen molar-refractivity contribution >= 4 is 29.1 Å². The topological polar surface area (TPSA) is 70.1 Å². The molecule has 3 N–H and O–H groups in total. The predicted molar refractivity (Wildman–Crippen MR) is 112 cm³/mol. The Morgan fingerprint density at radius 3 is 2.44 bits per heavy atom. The highest BCUT2D eigenvalue weighted by atomic mass is 35.5. The zero-order valence-electron chi connectivity index (χ0n) is 15.4. The second-order valence-electron chi connectivity index (χ2n) is 6.64. The highest BCUT2D eigenvalue weighted by Gasteiger charge is 2.15. The Bertz CT molecular complexity index is 886. The van der Waals surface area contributed by atoms with Crippen molar-refractivity contribution in [1.82, 2.24) is 9.97 Å². The summed E-state index contributed by atoms with van der Waals surface area (Å²) in [6.45, 7) is 4.09. The third kappa shape index (κ3) is 5.18. The minimum atomic E-state index is -0.130. The average molecular weight is 383 g/mol. The molecule has 0 fully saturated rings. The van der Waals surface area contributed by atoms with Gasteiger partial charge in [-0.15, -0.1) is 0 Å². The van der Waals surface area contributed by atoms with Gasteiger partial charge < -0.3 is 15.7 Å². The van der Waals surface area contributed by atoms with Crippen LogP contribution in [0.3, 0.4) is 0 Å². The lowest BCUT2D eigenvalue weighted by molar-refractivity contribution is 0.248. The van der Waals surface area contributed by atoms with E-state index >= 15 is 0 Å². The van der Waals surface area contributed by atoms with Gasteiger partial charge in [-0.2, -0.15) is 4.98 Å². The van der Waals surface area contributed by atoms with Crippen LogP contribution < -0.4 is 10.6 Å². The highest BCUT2D eigenvalue weighted by Crippen LogP contribution is 2.25. The fourth-order valence-corrected chi connectivity index (χ4v) is 2.83. The minimum absolute atomic E-state index is 0.00759. The van der Waals surface area contributed by atoms with Crippen LogP contribution in [0.4, 0.5) is 17.5 Å². The molecule has 0 saturated heterocycles. The van der Waals surface area contributed by atoms with Gasteiger partial charge in [-0.25, -0.2) is 4.98 Å². The number of halogens is 1. The van der Waals surface area contributed by atoms with Gasteiger partial charge >= 0.3 is 0 Å². The summed E-state index contributed by atoms with van der Waals surface area (Å²) in [6.07, 6.45) is 0. The lowest BCUT2D eigenvalue weighted by Gasteiger charge is -2.20. The molecule has 1 heterocycles. The van der Waals surface area contributed by atoms with Gasteiger partial charge in [0, 0.05) is 22.3 Å². The van der Waals surface area contributed by atoms with Crippen molar-refractivity contribution in [2.45, 2.75) is 19.9 Å². The van der Waals surface area contributed by atoms with E-state index in [1.807, 2.05) is 74.5 Å². The maximum Gasteiger partial charge on any atom is 0.225 e. The first-order valence-electron chi connectivity index (χ1n) is 8.89. The number of nitrogens with zero attached hydrogens (tertiary/aromatic N) is 2. The molecule has 5 nitrogen and oxygen atoms in total. The second kappa shape index (κ2) is 8.84. The van der Waals surface area contributed by atoms with Crippen LogP contribution in [0.1, 0.15) is 13.8 Å². The largest absolute Gasteiger partial charge is 0.394 e. The normalized spacial score (nSPS) is 12.0. The van der Waals surface area contributed by atoms with Crippen LogP contribution in [-0.2, 0) is 0 Å². The number of aliphatic hydroxyl groups is 1. The number of aliphatic hydroxyl groups excluding tert-OH is 1. The molecule has 27 heavy (non-hydrogen) atoms. The van der Waals surface area contributed by atoms with Gasteiger partial charge in [0.15, 0.2) is 0 Å². The van der Waals surface area contributed by atoms with Crippen molar-refractivity contribution in [1.29, 1.82) is 0 Å². The Hall–Kier alpha value is -2.63. The van der Waals surface area contributed by atoms with E-state index in [0.29, 0.717) is 16.8 Å². The Morgan fingerprint density at radius 2 is 1.78 bits per heavy atom. The van der Waals surface area contributed by atoms with Crippen LogP contribution in [0.5, 0.6) is 0 Å². The van der Waals surface area contributed by atoms with Gasteiger partial charge in [-0.1, -0.05) is 61.8 Å². The zero-order valence-corrected chi connectivity index (χ0v) is 16.1. The summed E-state index contributed by atoms with van der Waals surface area (Å²) in [4.78, 5) is 9.20. The minimum Gasteiger partial charge on any atom is -0.394 e. The molecule has 0 amide bonds. The molecule has 3 rings (SSSR count). The summed E-state index contributed by atoms with van der Waals surface area (Å²) in [5, 5.41) is 16.8. The van der Waals surface area contributed by atoms with Crippen molar-refractivity contribution in [3.8, 4) is 11.3 Å². The van der Waals surface area contributed by atoms with E-state index in [0.717, 1.165) is 16.9 Å². The van der Waals surface area contributed by atoms with Crippen LogP contribution in [-0.4, -0.2) is 27.7 Å². The first-order chi connectivity index (χ1) is 13.0. The molecule has 0 radical (unpaired) electrons. The zero-order chi connectivity index (χ0) is 19.2. The van der Waals surface area contributed by atoms with E-state index < -0.39 is 0 Å². The van der Waals surface area contributed by atoms with Gasteiger partial charge in [-0.05, 0) is 24.1 Å². The van der Waals surface area contributed by atoms with Crippen molar-refractivity contribution in [3.63, 3.8) is 0 Å². The second-order valence-corrected chi connectivity index (χ2v) is 7.08. The summed E-state index contributed by atoms with van der Waals surface area (Å²) in [7, 11) is 0. The quantitative estimate of drug-likeness (QED) is 0.538. The molecule has 2 aromatic carbocycles. The molecule has 0 bridgehead atoms. The van der Waals surface area contributed by atoms with E-state index in [1.165, 1.54) is 0 Å². The molecule has 0 saturated carbocycles. The monoisotopic (exact) mass is 382 g/mol. The number of aromatic nitrogens is 2. The Kier molecular flexibility index (Phi) is 6.27. The van der Waals surface area contributed by atoms with Crippen LogP contribution in [0.25, 0.3) is 11.3 Å². The standard InChI is InChI=1S/C21H23ClN4O/c1-14(2)19(13-27)25-21-24-18(15-7-4-3-5-8-15)12-20(26-21)23-17-10-6-9-16(22)11-17/h3-12,14,19,27H,13H2,1-2H3,(H2,23,24,25,26)/t19-/m1/s1. The first kappa shape index (κ1) is 19.1. The molecule has 0 aliphatic heterocycles. The van der Waals surface area contributed by atoms with Gasteiger partial charge in [0.25, 0.3) is 0 Å². The molecule has 1 atom stereocenters. The molecule has 0 spiro atoms. The SMILES string of the molecule is CC(C)[C@@H](CO)Nc1nc(Nc2cccc(Cl)c2)cc(-c2ccccc2)n1. The van der Waals surface area contributed by atoms with Crippen molar-refractivity contribution in [2.24, 2.45) is 5.92 Å². The Morgan fingerprint density at radius 1 is 1.00 bits per heavy atom. The maximum absolute atomic E-state index is 9.63. The van der Waals surface area contributed by atoms with Crippen LogP contribution in [0.2, 0.25) is 5.02 Å². The fraction of sp³-hybridized carbons (Fsp3) is 0.238. The highest BCUT2D eigenvalue weighted by molar-refractivity contribution is 6.30. The third-order valence-electron chi connectivity index (χ3n) is 4.21. The fourth-order valence-electron chi connectivity index (χ4n) is 2.64. The van der Waals surface area contributed by atoms with E-state index in [9.17, 15) is 5.11 Å². The number of nitrogens with one attached hydrogen (secondary N) is 2. The summed E-state index contributed by atoms with van der Waals surface area (Å²) >= 11 is 6.08. The molecule has 6 heteroatoms. The van der Waals surface area contributed by atoms with Crippen LogP contribution in [0.15, 0.2) is 60.7 Å². The molecular formula is C21H23ClN4O. The van der Waals surface area contributed by atoms with Gasteiger partial charge in [0.2, 0.25) is 5.95 Å². The van der Waals surface area contributed by atoms with Crippen molar-refractivity contribution < 1.29 is 5.11 Å². The van der Waals surface area contributed by atoms with E-state index in [2.05, 4.69) is 20.6 Å². The number of hydrogen-bond donors (Lipinski definition) is 3. The van der Waals surface area contributed by atoms with Gasteiger partial charge in [0.05, 0.1) is 18.3 Å². The number of anilines is 3. The van der Waals surface area contributed by atoms with Crippen molar-refractivity contribution in [3.05, 3.63) is 65.7 Å². The number of rotatable bonds is 7. The first-order valence-corrected chi connectivity index (χ1v) is 9.27. The van der Waals surface area contributed by atoms with Crippen molar-refractivity contribution in [2.75, 3.05) is 17.2 Å². The molecule has 0 aliphatic rings. The van der Waals surface area contributed by atoms with Crippen LogP contribution in [0, 0.1) is 5.92 Å². The summed E-state index contributed by atoms with van der Waals surface area (Å²) in [5.74, 6) is 1.35. The Balaban J connectivity index is 1.97. The Labute approximate surface area is 164 Å².